The fourth-order valence-corrected chi connectivity index (χ4v) is 2.26. The van der Waals surface area contributed by atoms with Crippen LogP contribution in [0.3, 0.4) is 0 Å². The maximum Gasteiger partial charge on any atom is 0.269 e. The minimum Gasteiger partial charge on any atom is -0.392 e. The van der Waals surface area contributed by atoms with Gasteiger partial charge in [0, 0.05) is 11.6 Å². The predicted octanol–water partition coefficient (Wildman–Crippen LogP) is 1.96. The number of amides is 1. The lowest BCUT2D eigenvalue weighted by Crippen LogP contribution is -2.12. The van der Waals surface area contributed by atoms with Gasteiger partial charge in [0.1, 0.15) is 0 Å². The van der Waals surface area contributed by atoms with E-state index in [0.29, 0.717) is 16.8 Å². The van der Waals surface area contributed by atoms with Crippen molar-refractivity contribution in [3.63, 3.8) is 0 Å². The van der Waals surface area contributed by atoms with Crippen molar-refractivity contribution in [2.45, 2.75) is 21.0 Å². The van der Waals surface area contributed by atoms with Gasteiger partial charge in [0.2, 0.25) is 0 Å². The number of carbonyl (C=O) groups is 1. The second kappa shape index (κ2) is 5.95. The van der Waals surface area contributed by atoms with Gasteiger partial charge in [0.25, 0.3) is 5.91 Å². The van der Waals surface area contributed by atoms with Gasteiger partial charge in [-0.15, -0.1) is 0 Å². The van der Waals surface area contributed by atoms with Gasteiger partial charge in [-0.1, -0.05) is 13.5 Å². The molecule has 0 saturated carbocycles. The first-order valence-electron chi connectivity index (χ1n) is 6.45. The molecule has 0 atom stereocenters. The van der Waals surface area contributed by atoms with E-state index in [1.165, 1.54) is 0 Å². The molecule has 2 heterocycles. The molecule has 0 unspecified atom stereocenters. The molecular formula is C16H18N4O2. The number of aromatic nitrogens is 3. The summed E-state index contributed by atoms with van der Waals surface area (Å²) in [5.41, 5.74) is 8.02. The van der Waals surface area contributed by atoms with Gasteiger partial charge in [-0.2, -0.15) is 5.10 Å². The number of hydrogen-bond acceptors (Lipinski definition) is 4. The molecule has 3 N–H and O–H groups in total. The molecule has 0 bridgehead atoms. The number of rotatable bonds is 3. The highest BCUT2D eigenvalue weighted by Gasteiger charge is 2.16. The maximum atomic E-state index is 11.6. The Morgan fingerprint density at radius 1 is 1.32 bits per heavy atom. The molecule has 1 amide bonds. The zero-order valence-electron chi connectivity index (χ0n) is 11.4. The quantitative estimate of drug-likeness (QED) is 0.772. The van der Waals surface area contributed by atoms with Gasteiger partial charge in [0.05, 0.1) is 12.1 Å². The van der Waals surface area contributed by atoms with Crippen LogP contribution in [0.4, 0.5) is 0 Å². The van der Waals surface area contributed by atoms with E-state index < -0.39 is 5.91 Å². The van der Waals surface area contributed by atoms with Gasteiger partial charge in [-0.25, -0.2) is 9.67 Å². The van der Waals surface area contributed by atoms with Crippen LogP contribution in [-0.4, -0.2) is 25.8 Å². The highest BCUT2D eigenvalue weighted by atomic mass is 16.3. The van der Waals surface area contributed by atoms with Crippen molar-refractivity contribution in [2.24, 2.45) is 5.73 Å². The van der Waals surface area contributed by atoms with E-state index in [0.717, 1.165) is 11.1 Å². The van der Waals surface area contributed by atoms with E-state index in [1.807, 2.05) is 19.1 Å². The lowest BCUT2D eigenvalue weighted by Gasteiger charge is -2.03. The van der Waals surface area contributed by atoms with Crippen LogP contribution in [0, 0.1) is 6.92 Å². The minimum atomic E-state index is -0.610. The largest absolute Gasteiger partial charge is 0.392 e. The fraction of sp³-hybridized carbons (Fsp3) is 0.188. The molecule has 2 aromatic heterocycles. The normalized spacial score (nSPS) is 10.5. The highest BCUT2D eigenvalue weighted by Crippen LogP contribution is 2.23. The molecule has 6 nitrogen and oxygen atoms in total. The third-order valence-electron chi connectivity index (χ3n) is 3.28. The van der Waals surface area contributed by atoms with E-state index in [4.69, 9.17) is 5.73 Å². The van der Waals surface area contributed by atoms with Crippen LogP contribution in [0.2, 0.25) is 0 Å². The number of benzene rings is 1. The number of carbonyl (C=O) groups excluding carboxylic acids is 1. The van der Waals surface area contributed by atoms with E-state index in [1.54, 1.807) is 29.1 Å². The maximum absolute atomic E-state index is 11.6. The molecular weight excluding hydrogens is 280 g/mol. The second-order valence-electron chi connectivity index (χ2n) is 4.83. The molecule has 0 fully saturated rings. The third-order valence-corrected chi connectivity index (χ3v) is 3.28. The fourth-order valence-electron chi connectivity index (χ4n) is 2.26. The van der Waals surface area contributed by atoms with Crippen molar-refractivity contribution in [1.29, 1.82) is 0 Å². The van der Waals surface area contributed by atoms with Gasteiger partial charge < -0.3 is 10.8 Å². The molecule has 114 valence electrons. The summed E-state index contributed by atoms with van der Waals surface area (Å²) >= 11 is 0. The van der Waals surface area contributed by atoms with E-state index >= 15 is 0 Å². The molecule has 3 rings (SSSR count). The van der Waals surface area contributed by atoms with Crippen LogP contribution in [0.25, 0.3) is 16.7 Å². The van der Waals surface area contributed by atoms with Crippen molar-refractivity contribution >= 4 is 16.8 Å². The van der Waals surface area contributed by atoms with Crippen molar-refractivity contribution < 1.29 is 9.90 Å². The van der Waals surface area contributed by atoms with Crippen LogP contribution in [0.1, 0.15) is 29.0 Å². The molecule has 0 radical (unpaired) electrons. The molecule has 0 saturated heterocycles. The smallest absolute Gasteiger partial charge is 0.269 e. The van der Waals surface area contributed by atoms with Crippen molar-refractivity contribution in [3.05, 3.63) is 53.3 Å². The number of aliphatic hydroxyl groups excluding tert-OH is 1. The number of pyridine rings is 1. The molecule has 3 aromatic rings. The number of nitrogens with zero attached hydrogens (tertiary/aromatic N) is 3. The lowest BCUT2D eigenvalue weighted by atomic mass is 10.1. The van der Waals surface area contributed by atoms with Crippen molar-refractivity contribution in [2.75, 3.05) is 0 Å². The first-order valence-corrected chi connectivity index (χ1v) is 6.45. The predicted molar refractivity (Wildman–Crippen MR) is 84.8 cm³/mol. The zero-order chi connectivity index (χ0) is 15.0. The molecule has 0 spiro atoms. The standard InChI is InChI=1S/C15H14N4O2.CH4/c1-9-4-5-17-13(6-9)19-12-3-2-10(8-20)7-11(12)14(18-19)15(16)21;/h2-7,20H,8H2,1H3,(H2,16,21);1H4. The Balaban J connectivity index is 0.00000176. The summed E-state index contributed by atoms with van der Waals surface area (Å²) in [5.74, 6) is 0.00532. The van der Waals surface area contributed by atoms with Crippen LogP contribution >= 0.6 is 0 Å². The summed E-state index contributed by atoms with van der Waals surface area (Å²) in [4.78, 5) is 15.9. The summed E-state index contributed by atoms with van der Waals surface area (Å²) in [7, 11) is 0. The molecule has 0 aliphatic heterocycles. The summed E-state index contributed by atoms with van der Waals surface area (Å²) in [6.45, 7) is 1.84. The van der Waals surface area contributed by atoms with Crippen LogP contribution in [-0.2, 0) is 6.61 Å². The number of primary amides is 1. The minimum absolute atomic E-state index is 0. The average molecular weight is 298 g/mol. The molecule has 0 aliphatic carbocycles. The van der Waals surface area contributed by atoms with E-state index in [9.17, 15) is 9.90 Å². The topological polar surface area (TPSA) is 94.0 Å². The Bertz CT molecular complexity index is 839. The SMILES string of the molecule is C.Cc1ccnc(-n2nc(C(N)=O)c3cc(CO)ccc32)c1. The molecule has 22 heavy (non-hydrogen) atoms. The Labute approximate surface area is 128 Å². The summed E-state index contributed by atoms with van der Waals surface area (Å²) in [5, 5.41) is 14.1. The van der Waals surface area contributed by atoms with Crippen LogP contribution < -0.4 is 5.73 Å². The lowest BCUT2D eigenvalue weighted by molar-refractivity contribution is 0.0996. The molecule has 1 aromatic carbocycles. The Kier molecular flexibility index (Phi) is 4.23. The first-order chi connectivity index (χ1) is 10.1. The Morgan fingerprint density at radius 3 is 2.73 bits per heavy atom. The van der Waals surface area contributed by atoms with E-state index in [2.05, 4.69) is 10.1 Å². The Hall–Kier alpha value is -2.73. The van der Waals surface area contributed by atoms with Gasteiger partial charge in [0.15, 0.2) is 11.5 Å². The Morgan fingerprint density at radius 2 is 2.09 bits per heavy atom. The summed E-state index contributed by atoms with van der Waals surface area (Å²) in [6, 6.07) is 9.05. The number of hydrogen-bond donors (Lipinski definition) is 2. The monoisotopic (exact) mass is 298 g/mol. The first kappa shape index (κ1) is 15.7. The molecule has 6 heteroatoms. The number of aliphatic hydroxyl groups is 1. The number of fused-ring (bicyclic) bond motifs is 1. The van der Waals surface area contributed by atoms with Crippen LogP contribution in [0.15, 0.2) is 36.5 Å². The third kappa shape index (κ3) is 2.56. The summed E-state index contributed by atoms with van der Waals surface area (Å²) < 4.78 is 1.59. The van der Waals surface area contributed by atoms with Crippen LogP contribution in [0.5, 0.6) is 0 Å². The zero-order valence-corrected chi connectivity index (χ0v) is 11.4. The number of nitrogens with two attached hydrogens (primary N) is 1. The van der Waals surface area contributed by atoms with E-state index in [-0.39, 0.29) is 19.7 Å². The van der Waals surface area contributed by atoms with Crippen molar-refractivity contribution in [3.8, 4) is 5.82 Å². The highest BCUT2D eigenvalue weighted by molar-refractivity contribution is 6.04. The van der Waals surface area contributed by atoms with Gasteiger partial charge in [-0.3, -0.25) is 4.79 Å². The average Bonchev–Trinajstić information content (AvgIpc) is 2.86. The second-order valence-corrected chi connectivity index (χ2v) is 4.83. The van der Waals surface area contributed by atoms with Gasteiger partial charge >= 0.3 is 0 Å². The summed E-state index contributed by atoms with van der Waals surface area (Å²) in [6.07, 6.45) is 1.68. The number of aryl methyl sites for hydroxylation is 1. The van der Waals surface area contributed by atoms with Gasteiger partial charge in [-0.05, 0) is 42.3 Å². The molecule has 0 aliphatic rings. The van der Waals surface area contributed by atoms with Crippen molar-refractivity contribution in [1.82, 2.24) is 14.8 Å².